The third-order valence-corrected chi connectivity index (χ3v) is 10.4. The molecule has 1 aromatic rings. The van der Waals surface area contributed by atoms with Gasteiger partial charge in [-0.05, 0) is 25.7 Å². The smallest absolute Gasteiger partial charge is 0.394 e. The van der Waals surface area contributed by atoms with Crippen molar-refractivity contribution in [2.24, 2.45) is 29.2 Å². The lowest BCUT2D eigenvalue weighted by Gasteiger charge is -2.26. The number of H-pyrrole nitrogens is 1. The monoisotopic (exact) mass is 922 g/mol. The van der Waals surface area contributed by atoms with Crippen molar-refractivity contribution in [1.82, 2.24) is 30.8 Å². The third kappa shape index (κ3) is 23.6. The van der Waals surface area contributed by atoms with E-state index in [4.69, 9.17) is 30.7 Å². The van der Waals surface area contributed by atoms with Crippen molar-refractivity contribution >= 4 is 61.6 Å². The van der Waals surface area contributed by atoms with Gasteiger partial charge in [0, 0.05) is 50.0 Å². The number of thiol groups is 1. The molecule has 0 fully saturated rings. The molecule has 0 saturated carbocycles. The molecule has 0 aromatic carbocycles. The summed E-state index contributed by atoms with van der Waals surface area (Å²) in [5.41, 5.74) is 11.4. The van der Waals surface area contributed by atoms with Crippen LogP contribution in [-0.4, -0.2) is 154 Å². The molecule has 22 nitrogen and oxygen atoms in total. The number of hydrogen-bond acceptors (Lipinski definition) is 15. The van der Waals surface area contributed by atoms with Crippen LogP contribution < -0.4 is 27.4 Å². The fourth-order valence-electron chi connectivity index (χ4n) is 6.07. The largest absolute Gasteiger partial charge is 0.469 e. The molecule has 0 radical (unpaired) electrons. The number of carbonyl (C=O) groups excluding carboxylic acids is 7. The summed E-state index contributed by atoms with van der Waals surface area (Å²) in [7, 11) is -5.07. The highest BCUT2D eigenvalue weighted by atomic mass is 32.1. The lowest BCUT2D eigenvalue weighted by atomic mass is 9.89. The number of phosphoric acid groups is 1. The zero-order chi connectivity index (χ0) is 46.8. The van der Waals surface area contributed by atoms with Gasteiger partial charge in [-0.15, -0.1) is 0 Å². The van der Waals surface area contributed by atoms with Gasteiger partial charge in [-0.1, -0.05) is 33.6 Å². The third-order valence-electron chi connectivity index (χ3n) is 9.45. The van der Waals surface area contributed by atoms with Crippen LogP contribution in [0.4, 0.5) is 0 Å². The number of Topliss-reactive ketones (excluding diaryl/α,β-unsaturated/α-hetero) is 2. The molecule has 0 aliphatic rings. The summed E-state index contributed by atoms with van der Waals surface area (Å²) in [6.45, 7) is 6.81. The number of hydrogen-bond donors (Lipinski definition) is 10. The number of phosphoric ester groups is 1. The highest BCUT2D eigenvalue weighted by Crippen LogP contribution is 2.39. The predicted octanol–water partition coefficient (Wildman–Crippen LogP) is -1.09. The van der Waals surface area contributed by atoms with Crippen LogP contribution in [0.3, 0.4) is 0 Å². The van der Waals surface area contributed by atoms with E-state index in [1.165, 1.54) is 17.4 Å². The molecule has 1 aromatic heterocycles. The number of primary amides is 1. The van der Waals surface area contributed by atoms with E-state index in [9.17, 15) is 43.2 Å². The summed E-state index contributed by atoms with van der Waals surface area (Å²) in [4.78, 5) is 118. The number of unbranched alkanes of at least 4 members (excludes halogenated alkanes) is 2. The van der Waals surface area contributed by atoms with Crippen LogP contribution >= 0.6 is 20.5 Å². The molecule has 11 N–H and O–H groups in total. The fraction of sp³-hybridized carbons (Fsp3) is 0.737. The number of amides is 5. The molecule has 62 heavy (non-hydrogen) atoms. The van der Waals surface area contributed by atoms with E-state index in [0.717, 1.165) is 19.8 Å². The van der Waals surface area contributed by atoms with Crippen molar-refractivity contribution < 1.29 is 67.0 Å². The maximum Gasteiger partial charge on any atom is 0.469 e. The summed E-state index contributed by atoms with van der Waals surface area (Å²) in [6, 6.07) is -3.37. The van der Waals surface area contributed by atoms with Gasteiger partial charge in [0.25, 0.3) is 0 Å². The van der Waals surface area contributed by atoms with E-state index in [1.54, 1.807) is 0 Å². The van der Waals surface area contributed by atoms with E-state index in [2.05, 4.69) is 43.1 Å². The number of ether oxygens (including phenoxy) is 2. The minimum Gasteiger partial charge on any atom is -0.394 e. The summed E-state index contributed by atoms with van der Waals surface area (Å²) < 4.78 is 26.8. The Hall–Kier alpha value is -3.80. The van der Waals surface area contributed by atoms with Crippen LogP contribution in [0, 0.1) is 17.8 Å². The molecule has 0 spiro atoms. The molecule has 1 heterocycles. The number of carbonyl (C=O) groups is 7. The van der Waals surface area contributed by atoms with Gasteiger partial charge < -0.3 is 61.7 Å². The van der Waals surface area contributed by atoms with E-state index in [0.29, 0.717) is 18.7 Å². The fourth-order valence-corrected chi connectivity index (χ4v) is 6.82. The van der Waals surface area contributed by atoms with E-state index >= 15 is 0 Å². The number of aromatic amines is 1. The summed E-state index contributed by atoms with van der Waals surface area (Å²) in [5, 5.41) is 17.8. The van der Waals surface area contributed by atoms with Crippen LogP contribution in [0.15, 0.2) is 12.5 Å². The van der Waals surface area contributed by atoms with Crippen molar-refractivity contribution in [2.45, 2.75) is 103 Å². The molecule has 0 unspecified atom stereocenters. The Kier molecular flexibility index (Phi) is 27.5. The Balaban J connectivity index is 3.01. The number of aromatic nitrogens is 2. The van der Waals surface area contributed by atoms with Crippen LogP contribution in [0.25, 0.3) is 0 Å². The maximum atomic E-state index is 13.9. The first-order valence-corrected chi connectivity index (χ1v) is 22.7. The average Bonchev–Trinajstić information content (AvgIpc) is 3.71. The summed E-state index contributed by atoms with van der Waals surface area (Å²) >= 11 is 3.98. The molecule has 0 aliphatic heterocycles. The number of aliphatic hydroxyl groups excluding tert-OH is 1. The molecular weight excluding hydrogens is 856 g/mol. The molecule has 0 saturated heterocycles. The molecule has 24 heteroatoms. The first kappa shape index (κ1) is 56.2. The molecule has 5 amide bonds. The van der Waals surface area contributed by atoms with E-state index in [-0.39, 0.29) is 82.3 Å². The number of rotatable bonds is 35. The first-order chi connectivity index (χ1) is 29.2. The lowest BCUT2D eigenvalue weighted by Crippen LogP contribution is -2.50. The molecular formula is C38H67N8O14PS. The quantitative estimate of drug-likeness (QED) is 0.0220. The van der Waals surface area contributed by atoms with Crippen molar-refractivity contribution in [3.63, 3.8) is 0 Å². The number of nitrogens with one attached hydrogen (secondary N) is 4. The zero-order valence-electron chi connectivity index (χ0n) is 36.0. The van der Waals surface area contributed by atoms with Gasteiger partial charge in [0.1, 0.15) is 6.04 Å². The van der Waals surface area contributed by atoms with Crippen molar-refractivity contribution in [2.75, 3.05) is 58.4 Å². The Morgan fingerprint density at radius 1 is 0.952 bits per heavy atom. The topological polar surface area (TPSA) is 345 Å². The number of nitrogens with zero attached hydrogens (tertiary/aromatic N) is 2. The van der Waals surface area contributed by atoms with E-state index in [1.807, 2.05) is 20.8 Å². The normalized spacial score (nSPS) is 14.5. The Labute approximate surface area is 367 Å². The second-order valence-corrected chi connectivity index (χ2v) is 16.8. The highest BCUT2D eigenvalue weighted by Gasteiger charge is 2.35. The van der Waals surface area contributed by atoms with Gasteiger partial charge in [-0.2, -0.15) is 12.6 Å². The van der Waals surface area contributed by atoms with Crippen molar-refractivity contribution in [3.8, 4) is 0 Å². The Morgan fingerprint density at radius 2 is 1.61 bits per heavy atom. The zero-order valence-corrected chi connectivity index (χ0v) is 37.8. The summed E-state index contributed by atoms with van der Waals surface area (Å²) in [5.74, 6) is -7.16. The number of aliphatic hydroxyl groups is 1. The van der Waals surface area contributed by atoms with Crippen LogP contribution in [-0.2, 0) is 58.5 Å². The molecule has 0 bridgehead atoms. The minimum absolute atomic E-state index is 0.0173. The first-order valence-electron chi connectivity index (χ1n) is 20.6. The van der Waals surface area contributed by atoms with E-state index < -0.39 is 92.6 Å². The molecule has 0 aliphatic carbocycles. The van der Waals surface area contributed by atoms with Gasteiger partial charge in [0.2, 0.25) is 29.5 Å². The molecule has 1 rings (SSSR count). The Bertz CT molecular complexity index is 1600. The minimum atomic E-state index is -5.07. The van der Waals surface area contributed by atoms with Gasteiger partial charge in [-0.3, -0.25) is 38.1 Å². The second kappa shape index (κ2) is 30.3. The van der Waals surface area contributed by atoms with Crippen LogP contribution in [0.5, 0.6) is 0 Å². The predicted molar refractivity (Wildman–Crippen MR) is 228 cm³/mol. The average molecular weight is 923 g/mol. The number of ketones is 2. The highest BCUT2D eigenvalue weighted by molar-refractivity contribution is 7.80. The van der Waals surface area contributed by atoms with Crippen LogP contribution in [0.1, 0.15) is 78.3 Å². The lowest BCUT2D eigenvalue weighted by molar-refractivity contribution is -0.138. The summed E-state index contributed by atoms with van der Waals surface area (Å²) in [6.07, 6.45) is 2.56. The second-order valence-electron chi connectivity index (χ2n) is 15.2. The van der Waals surface area contributed by atoms with Gasteiger partial charge in [-0.25, -0.2) is 9.55 Å². The van der Waals surface area contributed by atoms with Gasteiger partial charge in [0.15, 0.2) is 11.6 Å². The maximum absolute atomic E-state index is 13.9. The van der Waals surface area contributed by atoms with Crippen molar-refractivity contribution in [1.29, 1.82) is 0 Å². The number of imidazole rings is 1. The van der Waals surface area contributed by atoms with Gasteiger partial charge in [0.05, 0.1) is 82.4 Å². The van der Waals surface area contributed by atoms with Crippen LogP contribution in [0.2, 0.25) is 0 Å². The standard InChI is InChI=1S/C38H67N8O14PS/c1-5-6-7-10-46(35(51)8-11-58-13-14-59-12-9-42-38(54)29(39)22-62)20-34(50)44-30(15-24(2)3)32(48)17-26(16-27-19-41-23-43-27)37(53)45-31(21-47)33(49)18-28(36(40)52)25(4)60-61(55,56)57/h19,23-26,28-31,47,62H,5-18,20-22,39H2,1-4H3,(H2,40,52)(H,41,43)(H,42,54)(H,44,50)(H,45,53)(H2,55,56,57)/t25-,26-,28+,29+,30+,31+/m1/s1. The van der Waals surface area contributed by atoms with Crippen molar-refractivity contribution in [3.05, 3.63) is 18.2 Å². The molecule has 6 atom stereocenters. The molecule has 354 valence electrons. The Morgan fingerprint density at radius 3 is 2.18 bits per heavy atom. The SMILES string of the molecule is CCCCCN(CC(=O)N[C@@H](CC(C)C)C(=O)C[C@@H](Cc1cnc[nH]1)C(=O)N[C@@H](CO)C(=O)C[C@H](C(N)=O)[C@@H](C)OP(=O)(O)O)C(=O)CCOCCOCCNC(=O)[C@@H](N)CS. The number of nitrogens with two attached hydrogens (primary N) is 2. The van der Waals surface area contributed by atoms with Gasteiger partial charge >= 0.3 is 7.82 Å².